The lowest BCUT2D eigenvalue weighted by atomic mass is 10.1. The number of rotatable bonds is 4. The molecule has 1 saturated heterocycles. The van der Waals surface area contributed by atoms with Gasteiger partial charge in [0.2, 0.25) is 10.0 Å². The van der Waals surface area contributed by atoms with Crippen molar-refractivity contribution in [3.63, 3.8) is 0 Å². The number of halogens is 1. The lowest BCUT2D eigenvalue weighted by Gasteiger charge is -2.31. The fraction of sp³-hybridized carbons (Fsp3) is 0.462. The van der Waals surface area contributed by atoms with Crippen LogP contribution >= 0.6 is 11.6 Å². The molecule has 1 heterocycles. The maximum atomic E-state index is 12.6. The SMILES string of the molecule is COc1ccc(S(=O)(=O)N2CCCCC2C(=O)O)cc1Cl. The van der Waals surface area contributed by atoms with Crippen molar-refractivity contribution in [1.29, 1.82) is 0 Å². The molecule has 0 aromatic heterocycles. The summed E-state index contributed by atoms with van der Waals surface area (Å²) in [5.74, 6) is -0.762. The molecule has 0 bridgehead atoms. The molecule has 1 aliphatic heterocycles. The molecule has 0 aliphatic carbocycles. The van der Waals surface area contributed by atoms with E-state index in [0.29, 0.717) is 25.0 Å². The zero-order chi connectivity index (χ0) is 15.6. The van der Waals surface area contributed by atoms with Gasteiger partial charge in [-0.05, 0) is 37.5 Å². The average molecular weight is 334 g/mol. The summed E-state index contributed by atoms with van der Waals surface area (Å²) >= 11 is 5.95. The van der Waals surface area contributed by atoms with E-state index in [2.05, 4.69) is 0 Å². The van der Waals surface area contributed by atoms with Gasteiger partial charge in [-0.2, -0.15) is 4.31 Å². The number of piperidine rings is 1. The fourth-order valence-electron chi connectivity index (χ4n) is 2.38. The molecule has 1 aromatic rings. The highest BCUT2D eigenvalue weighted by Gasteiger charge is 2.37. The van der Waals surface area contributed by atoms with Crippen molar-refractivity contribution in [3.8, 4) is 5.75 Å². The molecular weight excluding hydrogens is 318 g/mol. The number of carboxylic acid groups (broad SMARTS) is 1. The molecule has 1 fully saturated rings. The molecule has 116 valence electrons. The predicted molar refractivity (Wildman–Crippen MR) is 77.2 cm³/mol. The molecule has 1 atom stereocenters. The van der Waals surface area contributed by atoms with E-state index in [4.69, 9.17) is 16.3 Å². The van der Waals surface area contributed by atoms with Gasteiger partial charge in [0, 0.05) is 6.54 Å². The van der Waals surface area contributed by atoms with Crippen molar-refractivity contribution < 1.29 is 23.1 Å². The van der Waals surface area contributed by atoms with Crippen molar-refractivity contribution in [2.24, 2.45) is 0 Å². The van der Waals surface area contributed by atoms with E-state index >= 15 is 0 Å². The minimum atomic E-state index is -3.89. The Morgan fingerprint density at radius 3 is 2.71 bits per heavy atom. The van der Waals surface area contributed by atoms with Crippen LogP contribution in [0, 0.1) is 0 Å². The second kappa shape index (κ2) is 6.21. The summed E-state index contributed by atoms with van der Waals surface area (Å²) in [7, 11) is -2.46. The van der Waals surface area contributed by atoms with Gasteiger partial charge in [-0.15, -0.1) is 0 Å². The van der Waals surface area contributed by atoms with E-state index in [1.54, 1.807) is 0 Å². The number of ether oxygens (including phenoxy) is 1. The van der Waals surface area contributed by atoms with Crippen LogP contribution in [0.3, 0.4) is 0 Å². The Balaban J connectivity index is 2.40. The van der Waals surface area contributed by atoms with Crippen LogP contribution in [0.5, 0.6) is 5.75 Å². The number of hydrogen-bond donors (Lipinski definition) is 1. The first-order chi connectivity index (χ1) is 9.87. The molecule has 8 heteroatoms. The molecule has 2 rings (SSSR count). The summed E-state index contributed by atoms with van der Waals surface area (Å²) in [6.45, 7) is 0.197. The summed E-state index contributed by atoms with van der Waals surface area (Å²) in [6.07, 6.45) is 1.66. The van der Waals surface area contributed by atoms with Crippen LogP contribution in [0.4, 0.5) is 0 Å². The second-order valence-electron chi connectivity index (χ2n) is 4.76. The summed E-state index contributed by atoms with van der Waals surface area (Å²) in [4.78, 5) is 11.2. The minimum absolute atomic E-state index is 0.0264. The lowest BCUT2D eigenvalue weighted by molar-refractivity contribution is -0.142. The van der Waals surface area contributed by atoms with E-state index in [1.165, 1.54) is 25.3 Å². The first-order valence-corrected chi connectivity index (χ1v) is 8.28. The van der Waals surface area contributed by atoms with Crippen LogP contribution in [0.2, 0.25) is 5.02 Å². The molecule has 6 nitrogen and oxygen atoms in total. The Kier molecular flexibility index (Phi) is 4.75. The molecule has 21 heavy (non-hydrogen) atoms. The van der Waals surface area contributed by atoms with Gasteiger partial charge >= 0.3 is 5.97 Å². The largest absolute Gasteiger partial charge is 0.495 e. The lowest BCUT2D eigenvalue weighted by Crippen LogP contribution is -2.47. The van der Waals surface area contributed by atoms with Crippen molar-refractivity contribution in [1.82, 2.24) is 4.31 Å². The van der Waals surface area contributed by atoms with Gasteiger partial charge in [0.25, 0.3) is 0 Å². The summed E-state index contributed by atoms with van der Waals surface area (Å²) < 4.78 is 31.3. The molecule has 1 aliphatic rings. The Morgan fingerprint density at radius 2 is 2.14 bits per heavy atom. The van der Waals surface area contributed by atoms with Crippen molar-refractivity contribution in [2.45, 2.75) is 30.2 Å². The maximum absolute atomic E-state index is 12.6. The van der Waals surface area contributed by atoms with E-state index in [9.17, 15) is 18.3 Å². The Labute approximate surface area is 128 Å². The number of sulfonamides is 1. The fourth-order valence-corrected chi connectivity index (χ4v) is 4.38. The Bertz CT molecular complexity index is 646. The highest BCUT2D eigenvalue weighted by Crippen LogP contribution is 2.31. The number of hydrogen-bond acceptors (Lipinski definition) is 4. The average Bonchev–Trinajstić information content (AvgIpc) is 2.47. The van der Waals surface area contributed by atoms with Gasteiger partial charge in [-0.3, -0.25) is 4.79 Å². The molecule has 1 aromatic carbocycles. The molecule has 0 amide bonds. The molecule has 1 N–H and O–H groups in total. The molecular formula is C13H16ClNO5S. The third-order valence-electron chi connectivity index (χ3n) is 3.47. The summed E-state index contributed by atoms with van der Waals surface area (Å²) in [5.41, 5.74) is 0. The van der Waals surface area contributed by atoms with Crippen LogP contribution < -0.4 is 4.74 Å². The van der Waals surface area contributed by atoms with Gasteiger partial charge in [0.15, 0.2) is 0 Å². The monoisotopic (exact) mass is 333 g/mol. The summed E-state index contributed by atoms with van der Waals surface area (Å²) in [5, 5.41) is 9.37. The Hall–Kier alpha value is -1.31. The van der Waals surface area contributed by atoms with Crippen LogP contribution in [0.25, 0.3) is 0 Å². The van der Waals surface area contributed by atoms with Crippen LogP contribution in [0.15, 0.2) is 23.1 Å². The first-order valence-electron chi connectivity index (χ1n) is 6.46. The van der Waals surface area contributed by atoms with Gasteiger partial charge in [0.1, 0.15) is 11.8 Å². The maximum Gasteiger partial charge on any atom is 0.322 e. The predicted octanol–water partition coefficient (Wildman–Crippen LogP) is 1.98. The zero-order valence-corrected chi connectivity index (χ0v) is 13.0. The van der Waals surface area contributed by atoms with Crippen molar-refractivity contribution >= 4 is 27.6 Å². The first kappa shape index (κ1) is 16.1. The Morgan fingerprint density at radius 1 is 1.43 bits per heavy atom. The highest BCUT2D eigenvalue weighted by atomic mass is 35.5. The second-order valence-corrected chi connectivity index (χ2v) is 7.06. The normalized spacial score (nSPS) is 20.2. The number of carbonyl (C=O) groups is 1. The molecule has 1 unspecified atom stereocenters. The topological polar surface area (TPSA) is 83.9 Å². The highest BCUT2D eigenvalue weighted by molar-refractivity contribution is 7.89. The van der Waals surface area contributed by atoms with Crippen LogP contribution in [-0.4, -0.2) is 43.5 Å². The third-order valence-corrected chi connectivity index (χ3v) is 5.67. The van der Waals surface area contributed by atoms with Crippen LogP contribution in [0.1, 0.15) is 19.3 Å². The quantitative estimate of drug-likeness (QED) is 0.910. The number of methoxy groups -OCH3 is 1. The van der Waals surface area contributed by atoms with E-state index in [0.717, 1.165) is 4.31 Å². The zero-order valence-electron chi connectivity index (χ0n) is 11.5. The van der Waals surface area contributed by atoms with E-state index in [1.807, 2.05) is 0 Å². The standard InChI is InChI=1S/C13H16ClNO5S/c1-20-12-6-5-9(8-10(12)14)21(18,19)15-7-3-2-4-11(15)13(16)17/h5-6,8,11H,2-4,7H2,1H3,(H,16,17). The molecule has 0 saturated carbocycles. The van der Waals surface area contributed by atoms with Gasteiger partial charge in [-0.25, -0.2) is 8.42 Å². The van der Waals surface area contributed by atoms with Crippen molar-refractivity contribution in [3.05, 3.63) is 23.2 Å². The molecule has 0 radical (unpaired) electrons. The van der Waals surface area contributed by atoms with Crippen LogP contribution in [-0.2, 0) is 14.8 Å². The smallest absolute Gasteiger partial charge is 0.322 e. The van der Waals surface area contributed by atoms with Gasteiger partial charge < -0.3 is 9.84 Å². The number of aliphatic carboxylic acids is 1. The third kappa shape index (κ3) is 3.14. The van der Waals surface area contributed by atoms with Crippen molar-refractivity contribution in [2.75, 3.05) is 13.7 Å². The number of benzene rings is 1. The number of carboxylic acids is 1. The van der Waals surface area contributed by atoms with Gasteiger partial charge in [0.05, 0.1) is 17.0 Å². The summed E-state index contributed by atoms with van der Waals surface area (Å²) in [6, 6.07) is 3.08. The molecule has 0 spiro atoms. The number of nitrogens with zero attached hydrogens (tertiary/aromatic N) is 1. The van der Waals surface area contributed by atoms with Gasteiger partial charge in [-0.1, -0.05) is 11.6 Å². The van der Waals surface area contributed by atoms with E-state index in [-0.39, 0.29) is 16.5 Å². The van der Waals surface area contributed by atoms with E-state index < -0.39 is 22.0 Å². The minimum Gasteiger partial charge on any atom is -0.495 e.